The van der Waals surface area contributed by atoms with Crippen LogP contribution in [0.3, 0.4) is 0 Å². The van der Waals surface area contributed by atoms with Crippen molar-refractivity contribution in [3.05, 3.63) is 58.6 Å². The Labute approximate surface area is 206 Å². The molecule has 0 bridgehead atoms. The number of imidazole rings is 1. The van der Waals surface area contributed by atoms with Gasteiger partial charge in [-0.05, 0) is 49.1 Å². The Morgan fingerprint density at radius 2 is 2.00 bits per heavy atom. The maximum absolute atomic E-state index is 12.9. The fourth-order valence-electron chi connectivity index (χ4n) is 5.69. The Bertz CT molecular complexity index is 1450. The third-order valence-corrected chi connectivity index (χ3v) is 8.72. The number of nitrogen functional groups attached to an aromatic ring is 1. The van der Waals surface area contributed by atoms with E-state index < -0.39 is 0 Å². The zero-order chi connectivity index (χ0) is 23.7. The minimum Gasteiger partial charge on any atom is -0.382 e. The number of benzene rings is 1. The van der Waals surface area contributed by atoms with Gasteiger partial charge < -0.3 is 10.5 Å². The van der Waals surface area contributed by atoms with Gasteiger partial charge in [-0.25, -0.2) is 15.0 Å². The summed E-state index contributed by atoms with van der Waals surface area (Å²) in [6.45, 7) is 3.86. The molecule has 178 valence electrons. The highest BCUT2D eigenvalue weighted by molar-refractivity contribution is 7.15. The number of aryl methyl sites for hydroxylation is 1. The standard InChI is InChI=1S/C26H26N6O2S/c1-13-2-7-18-19(10-13)35-26(29-18)31-25(33)15-5-3-14(4-6-15)21-22-23(27)28-8-9-32(22)24(30-21)20-16-11-34-12-17(16)20/h3-6,8-9,13,16-17,20H,2,7,10-12H2,1H3,(H2,27,28)(H,29,31,33). The summed E-state index contributed by atoms with van der Waals surface area (Å²) in [6, 6.07) is 7.52. The average molecular weight is 487 g/mol. The molecule has 9 heteroatoms. The molecule has 8 nitrogen and oxygen atoms in total. The Kier molecular flexibility index (Phi) is 4.72. The maximum Gasteiger partial charge on any atom is 0.257 e. The van der Waals surface area contributed by atoms with Gasteiger partial charge in [-0.2, -0.15) is 0 Å². The fraction of sp³-hybridized carbons (Fsp3) is 0.385. The van der Waals surface area contributed by atoms with Gasteiger partial charge in [0.25, 0.3) is 5.91 Å². The van der Waals surface area contributed by atoms with Crippen LogP contribution in [0.25, 0.3) is 16.8 Å². The fourth-order valence-corrected chi connectivity index (χ4v) is 6.85. The van der Waals surface area contributed by atoms with E-state index >= 15 is 0 Å². The highest BCUT2D eigenvalue weighted by Crippen LogP contribution is 2.57. The van der Waals surface area contributed by atoms with Gasteiger partial charge in [0.15, 0.2) is 5.13 Å². The minimum absolute atomic E-state index is 0.155. The van der Waals surface area contributed by atoms with Crippen molar-refractivity contribution >= 4 is 33.7 Å². The summed E-state index contributed by atoms with van der Waals surface area (Å²) in [5.41, 5.74) is 10.5. The third kappa shape index (κ3) is 3.44. The second-order valence-electron chi connectivity index (χ2n) is 10.0. The van der Waals surface area contributed by atoms with E-state index in [1.165, 1.54) is 4.88 Å². The number of thiazole rings is 1. The zero-order valence-corrected chi connectivity index (χ0v) is 20.2. The van der Waals surface area contributed by atoms with Crippen molar-refractivity contribution in [2.24, 2.45) is 17.8 Å². The van der Waals surface area contributed by atoms with Gasteiger partial charge in [-0.15, -0.1) is 11.3 Å². The van der Waals surface area contributed by atoms with Gasteiger partial charge in [0, 0.05) is 34.3 Å². The number of fused-ring (bicyclic) bond motifs is 3. The summed E-state index contributed by atoms with van der Waals surface area (Å²) >= 11 is 1.60. The molecule has 0 radical (unpaired) electrons. The molecular formula is C26H26N6O2S. The van der Waals surface area contributed by atoms with Crippen LogP contribution in [0, 0.1) is 17.8 Å². The smallest absolute Gasteiger partial charge is 0.257 e. The van der Waals surface area contributed by atoms with Crippen LogP contribution in [0.2, 0.25) is 0 Å². The third-order valence-electron chi connectivity index (χ3n) is 7.69. The van der Waals surface area contributed by atoms with Crippen LogP contribution in [-0.4, -0.2) is 38.5 Å². The molecule has 1 amide bonds. The van der Waals surface area contributed by atoms with E-state index in [1.807, 2.05) is 30.5 Å². The SMILES string of the molecule is CC1CCc2nc(NC(=O)c3ccc(-c4nc(C5C6COCC65)n5ccnc(N)c45)cc3)sc2C1. The molecule has 2 fully saturated rings. The average Bonchev–Trinajstić information content (AvgIpc) is 3.25. The van der Waals surface area contributed by atoms with E-state index in [2.05, 4.69) is 26.6 Å². The molecule has 1 saturated heterocycles. The lowest BCUT2D eigenvalue weighted by Crippen LogP contribution is -2.12. The van der Waals surface area contributed by atoms with Gasteiger partial charge in [0.05, 0.1) is 18.9 Å². The number of ether oxygens (including phenoxy) is 1. The van der Waals surface area contributed by atoms with Crippen molar-refractivity contribution in [2.45, 2.75) is 32.1 Å². The predicted octanol–water partition coefficient (Wildman–Crippen LogP) is 4.17. The number of nitrogens with zero attached hydrogens (tertiary/aromatic N) is 4. The molecule has 1 saturated carbocycles. The summed E-state index contributed by atoms with van der Waals surface area (Å²) in [5.74, 6) is 3.46. The molecule has 3 aliphatic rings. The van der Waals surface area contributed by atoms with Crippen molar-refractivity contribution in [3.8, 4) is 11.3 Å². The second kappa shape index (κ2) is 7.86. The molecule has 3 aromatic heterocycles. The normalized spacial score (nSPS) is 24.8. The molecule has 1 aliphatic heterocycles. The van der Waals surface area contributed by atoms with Gasteiger partial charge in [0.1, 0.15) is 22.9 Å². The summed E-state index contributed by atoms with van der Waals surface area (Å²) < 4.78 is 7.65. The van der Waals surface area contributed by atoms with Crippen LogP contribution < -0.4 is 11.1 Å². The highest BCUT2D eigenvalue weighted by Gasteiger charge is 2.56. The van der Waals surface area contributed by atoms with Crippen molar-refractivity contribution < 1.29 is 9.53 Å². The van der Waals surface area contributed by atoms with Crippen LogP contribution >= 0.6 is 11.3 Å². The number of carbonyl (C=O) groups is 1. The van der Waals surface area contributed by atoms with E-state index in [1.54, 1.807) is 17.5 Å². The van der Waals surface area contributed by atoms with Crippen LogP contribution in [-0.2, 0) is 17.6 Å². The predicted molar refractivity (Wildman–Crippen MR) is 135 cm³/mol. The monoisotopic (exact) mass is 486 g/mol. The van der Waals surface area contributed by atoms with E-state index in [-0.39, 0.29) is 5.91 Å². The molecule has 4 heterocycles. The van der Waals surface area contributed by atoms with Crippen molar-refractivity contribution in [3.63, 3.8) is 0 Å². The summed E-state index contributed by atoms with van der Waals surface area (Å²) in [4.78, 5) is 28.2. The molecular weight excluding hydrogens is 460 g/mol. The Balaban J connectivity index is 1.16. The van der Waals surface area contributed by atoms with E-state index in [0.29, 0.717) is 40.2 Å². The number of nitrogens with two attached hydrogens (primary N) is 1. The number of anilines is 2. The zero-order valence-electron chi connectivity index (χ0n) is 19.4. The number of nitrogens with one attached hydrogen (secondary N) is 1. The molecule has 1 aromatic carbocycles. The van der Waals surface area contributed by atoms with Gasteiger partial charge in [0.2, 0.25) is 0 Å². The summed E-state index contributed by atoms with van der Waals surface area (Å²) in [5, 5.41) is 3.67. The van der Waals surface area contributed by atoms with Crippen LogP contribution in [0.4, 0.5) is 10.9 Å². The molecule has 2 aliphatic carbocycles. The molecule has 3 N–H and O–H groups in total. The molecule has 7 rings (SSSR count). The van der Waals surface area contributed by atoms with Gasteiger partial charge >= 0.3 is 0 Å². The second-order valence-corrected chi connectivity index (χ2v) is 11.1. The highest BCUT2D eigenvalue weighted by atomic mass is 32.1. The van der Waals surface area contributed by atoms with Crippen LogP contribution in [0.5, 0.6) is 0 Å². The number of aromatic nitrogens is 4. The summed E-state index contributed by atoms with van der Waals surface area (Å²) in [7, 11) is 0. The number of hydrogen-bond acceptors (Lipinski definition) is 7. The Morgan fingerprint density at radius 3 is 2.80 bits per heavy atom. The van der Waals surface area contributed by atoms with Crippen LogP contribution in [0.15, 0.2) is 36.7 Å². The number of hydrogen-bond donors (Lipinski definition) is 2. The first-order chi connectivity index (χ1) is 17.1. The molecule has 0 spiro atoms. The molecule has 3 unspecified atom stereocenters. The lowest BCUT2D eigenvalue weighted by molar-refractivity contribution is 0.102. The molecule has 3 atom stereocenters. The number of rotatable bonds is 4. The Morgan fingerprint density at radius 1 is 1.20 bits per heavy atom. The first-order valence-corrected chi connectivity index (χ1v) is 13.0. The van der Waals surface area contributed by atoms with E-state index in [9.17, 15) is 4.79 Å². The molecule has 35 heavy (non-hydrogen) atoms. The summed E-state index contributed by atoms with van der Waals surface area (Å²) in [6.07, 6.45) is 6.85. The van der Waals surface area contributed by atoms with Crippen molar-refractivity contribution in [2.75, 3.05) is 24.3 Å². The lowest BCUT2D eigenvalue weighted by atomic mass is 9.93. The Hall–Kier alpha value is -3.30. The quantitative estimate of drug-likeness (QED) is 0.448. The van der Waals surface area contributed by atoms with E-state index in [4.69, 9.17) is 15.5 Å². The number of amides is 1. The number of carbonyl (C=O) groups excluding carboxylic acids is 1. The van der Waals surface area contributed by atoms with E-state index in [0.717, 1.165) is 60.8 Å². The first-order valence-electron chi connectivity index (χ1n) is 12.2. The van der Waals surface area contributed by atoms with Gasteiger partial charge in [-0.1, -0.05) is 19.1 Å². The minimum atomic E-state index is -0.155. The van der Waals surface area contributed by atoms with Crippen molar-refractivity contribution in [1.29, 1.82) is 0 Å². The van der Waals surface area contributed by atoms with Gasteiger partial charge in [-0.3, -0.25) is 14.5 Å². The lowest BCUT2D eigenvalue weighted by Gasteiger charge is -2.15. The van der Waals surface area contributed by atoms with Crippen molar-refractivity contribution in [1.82, 2.24) is 19.4 Å². The topological polar surface area (TPSA) is 107 Å². The molecule has 4 aromatic rings. The first kappa shape index (κ1) is 21.0. The maximum atomic E-state index is 12.9. The largest absolute Gasteiger partial charge is 0.382 e. The van der Waals surface area contributed by atoms with Crippen LogP contribution in [0.1, 0.15) is 46.0 Å².